The van der Waals surface area contributed by atoms with Gasteiger partial charge in [0.2, 0.25) is 0 Å². The highest BCUT2D eigenvalue weighted by Gasteiger charge is 2.59. The van der Waals surface area contributed by atoms with Crippen molar-refractivity contribution in [2.45, 2.75) is 12.3 Å². The van der Waals surface area contributed by atoms with E-state index in [1.165, 1.54) is 0 Å². The molecule has 0 atom stereocenters. The number of nitrogen functional groups attached to an aromatic ring is 15. The Morgan fingerprint density at radius 3 is 0.780 bits per heavy atom. The van der Waals surface area contributed by atoms with Crippen molar-refractivity contribution in [1.82, 2.24) is 0 Å². The van der Waals surface area contributed by atoms with Crippen LogP contribution in [0.5, 0.6) is 0 Å². The van der Waals surface area contributed by atoms with E-state index in [-0.39, 0.29) is 85.3 Å². The van der Waals surface area contributed by atoms with Gasteiger partial charge in [-0.15, -0.1) is 0 Å². The Morgan fingerprint density at radius 2 is 0.488 bits per heavy atom. The lowest BCUT2D eigenvalue weighted by Gasteiger charge is -2.35. The maximum atomic E-state index is 6.82. The molecule has 4 aromatic carbocycles. The molecule has 0 unspecified atom stereocenters. The fourth-order valence-electron chi connectivity index (χ4n) is 6.85. The Hall–Kier alpha value is -6.12. The first-order valence-electron chi connectivity index (χ1n) is 12.3. The fourth-order valence-corrected chi connectivity index (χ4v) is 6.85. The van der Waals surface area contributed by atoms with Crippen LogP contribution in [-0.4, -0.2) is 0 Å². The van der Waals surface area contributed by atoms with E-state index in [9.17, 15) is 0 Å². The number of nitrogens with two attached hydrogens (primary N) is 15. The summed E-state index contributed by atoms with van der Waals surface area (Å²) < 4.78 is 0. The Balaban J connectivity index is 2.10. The van der Waals surface area contributed by atoms with Crippen LogP contribution in [0.2, 0.25) is 0 Å². The minimum atomic E-state index is -1.56. The molecule has 212 valence electrons. The third kappa shape index (κ3) is 2.32. The van der Waals surface area contributed by atoms with E-state index in [4.69, 9.17) is 86.0 Å². The predicted octanol–water partition coefficient (Wildman–Crippen LogP) is 0.0715. The number of fused-ring (bicyclic) bond motifs is 10. The van der Waals surface area contributed by atoms with Gasteiger partial charge in [0.15, 0.2) is 0 Å². The van der Waals surface area contributed by atoms with Gasteiger partial charge in [-0.3, -0.25) is 0 Å². The molecule has 30 N–H and O–H groups in total. The van der Waals surface area contributed by atoms with Crippen LogP contribution >= 0.6 is 0 Å². The molecule has 15 heteroatoms. The first kappa shape index (κ1) is 25.2. The molecule has 1 spiro atoms. The minimum absolute atomic E-state index is 0.0190. The molecule has 0 saturated carbocycles. The van der Waals surface area contributed by atoms with Gasteiger partial charge in [-0.25, -0.2) is 0 Å². The van der Waals surface area contributed by atoms with Gasteiger partial charge in [0.25, 0.3) is 0 Å². The zero-order valence-corrected chi connectivity index (χ0v) is 22.2. The van der Waals surface area contributed by atoms with Crippen LogP contribution < -0.4 is 86.0 Å². The molecule has 0 bridgehead atoms. The molecule has 4 aromatic rings. The van der Waals surface area contributed by atoms with Crippen LogP contribution in [-0.2, 0) is 5.41 Å². The van der Waals surface area contributed by atoms with Gasteiger partial charge in [0, 0.05) is 38.9 Å². The Kier molecular flexibility index (Phi) is 4.35. The zero-order valence-electron chi connectivity index (χ0n) is 22.2. The van der Waals surface area contributed by atoms with Crippen LogP contribution in [0.4, 0.5) is 85.3 Å². The van der Waals surface area contributed by atoms with E-state index >= 15 is 0 Å². The van der Waals surface area contributed by atoms with Crippen molar-refractivity contribution < 1.29 is 0 Å². The van der Waals surface area contributed by atoms with E-state index in [2.05, 4.69) is 0 Å². The molecule has 0 radical (unpaired) electrons. The maximum Gasteiger partial charge on any atom is 0.0809 e. The van der Waals surface area contributed by atoms with Gasteiger partial charge in [0.1, 0.15) is 0 Å². The monoisotopic (exact) mass is 555 g/mol. The highest BCUT2D eigenvalue weighted by atomic mass is 14.9. The normalized spacial score (nSPS) is 13.7. The van der Waals surface area contributed by atoms with Crippen molar-refractivity contribution in [2.24, 2.45) is 0 Å². The summed E-state index contributed by atoms with van der Waals surface area (Å²) >= 11 is 0. The molecule has 0 heterocycles. The number of hydrogen-bond acceptors (Lipinski definition) is 15. The summed E-state index contributed by atoms with van der Waals surface area (Å²) in [5.41, 5.74) is 101. The summed E-state index contributed by atoms with van der Waals surface area (Å²) in [6.07, 6.45) is 0. The van der Waals surface area contributed by atoms with E-state index in [0.29, 0.717) is 50.1 Å². The Labute approximate surface area is 233 Å². The largest absolute Gasteiger partial charge is 0.397 e. The number of hydrogen-bond donors (Lipinski definition) is 15. The van der Waals surface area contributed by atoms with Crippen molar-refractivity contribution in [2.75, 3.05) is 86.0 Å². The SMILES string of the molecule is Cc1c(N)c(N)c(N)c2c1C1(c3c(N)c(N)c(N)c(N)c3-2)c2c(N)c(N)c(N)c(N)c2-c2c(N)c(N)c(N)c(N)c21. The summed E-state index contributed by atoms with van der Waals surface area (Å²) in [5, 5.41) is 0. The quantitative estimate of drug-likeness (QED) is 0.110. The summed E-state index contributed by atoms with van der Waals surface area (Å²) in [5.74, 6) is 0. The smallest absolute Gasteiger partial charge is 0.0809 e. The average Bonchev–Trinajstić information content (AvgIpc) is 3.43. The Bertz CT molecular complexity index is 1670. The van der Waals surface area contributed by atoms with Gasteiger partial charge < -0.3 is 86.0 Å². The third-order valence-corrected chi connectivity index (χ3v) is 8.86. The standard InChI is InChI=1S/C26H33N15/c1-2-7-3(12(28)19(35)11(2)27)4-8(16(32)23(39)20(36)13(4)29)26(7)9-5(14(30)21(37)24(40)17(9)33)6-10(26)18(34)25(41)22(38)15(6)31/h27-41H2,1H3. The predicted molar refractivity (Wildman–Crippen MR) is 174 cm³/mol. The third-order valence-electron chi connectivity index (χ3n) is 8.86. The lowest BCUT2D eigenvalue weighted by Crippen LogP contribution is -2.32. The summed E-state index contributed by atoms with van der Waals surface area (Å²) in [7, 11) is 0. The van der Waals surface area contributed by atoms with Crippen LogP contribution in [0, 0.1) is 6.92 Å². The van der Waals surface area contributed by atoms with Crippen molar-refractivity contribution >= 4 is 85.3 Å². The molecule has 41 heavy (non-hydrogen) atoms. The maximum absolute atomic E-state index is 6.82. The van der Waals surface area contributed by atoms with Crippen LogP contribution in [0.3, 0.4) is 0 Å². The van der Waals surface area contributed by atoms with Gasteiger partial charge in [-0.05, 0) is 18.1 Å². The number of anilines is 15. The zero-order chi connectivity index (χ0) is 30.4. The van der Waals surface area contributed by atoms with Crippen molar-refractivity contribution in [3.63, 3.8) is 0 Å². The molecule has 0 amide bonds. The molecular formula is C26H33N15. The molecular weight excluding hydrogens is 522 g/mol. The molecule has 2 aliphatic carbocycles. The summed E-state index contributed by atoms with van der Waals surface area (Å²) in [6.45, 7) is 1.76. The lowest BCUT2D eigenvalue weighted by molar-refractivity contribution is 0.797. The molecule has 2 aliphatic rings. The molecule has 0 aliphatic heterocycles. The highest BCUT2D eigenvalue weighted by Crippen LogP contribution is 2.73. The number of benzene rings is 4. The molecule has 6 rings (SSSR count). The van der Waals surface area contributed by atoms with E-state index in [1.807, 2.05) is 0 Å². The lowest BCUT2D eigenvalue weighted by atomic mass is 9.67. The Morgan fingerprint density at radius 1 is 0.268 bits per heavy atom. The van der Waals surface area contributed by atoms with E-state index < -0.39 is 5.41 Å². The fraction of sp³-hybridized carbons (Fsp3) is 0.0769. The molecule has 0 saturated heterocycles. The van der Waals surface area contributed by atoms with Crippen LogP contribution in [0.15, 0.2) is 0 Å². The van der Waals surface area contributed by atoms with Crippen molar-refractivity contribution in [1.29, 1.82) is 0 Å². The summed E-state index contributed by atoms with van der Waals surface area (Å²) in [4.78, 5) is 0. The minimum Gasteiger partial charge on any atom is -0.397 e. The molecule has 0 aromatic heterocycles. The van der Waals surface area contributed by atoms with Crippen molar-refractivity contribution in [3.05, 3.63) is 27.8 Å². The summed E-state index contributed by atoms with van der Waals surface area (Å²) in [6, 6.07) is 0. The van der Waals surface area contributed by atoms with Gasteiger partial charge >= 0.3 is 0 Å². The van der Waals surface area contributed by atoms with Crippen LogP contribution in [0.1, 0.15) is 27.8 Å². The van der Waals surface area contributed by atoms with E-state index in [1.54, 1.807) is 6.92 Å². The second-order valence-corrected chi connectivity index (χ2v) is 10.6. The first-order chi connectivity index (χ1) is 19.1. The average molecular weight is 556 g/mol. The van der Waals surface area contributed by atoms with Gasteiger partial charge in [-0.2, -0.15) is 0 Å². The van der Waals surface area contributed by atoms with Gasteiger partial charge in [0.05, 0.1) is 90.7 Å². The number of rotatable bonds is 0. The van der Waals surface area contributed by atoms with Gasteiger partial charge in [-0.1, -0.05) is 0 Å². The van der Waals surface area contributed by atoms with E-state index in [0.717, 1.165) is 0 Å². The topological polar surface area (TPSA) is 390 Å². The molecule has 0 fully saturated rings. The van der Waals surface area contributed by atoms with Crippen LogP contribution in [0.25, 0.3) is 22.3 Å². The first-order valence-corrected chi connectivity index (χ1v) is 12.3. The second kappa shape index (κ2) is 7.09. The second-order valence-electron chi connectivity index (χ2n) is 10.6. The van der Waals surface area contributed by atoms with Crippen molar-refractivity contribution in [3.8, 4) is 22.3 Å². The molecule has 15 nitrogen and oxygen atoms in total. The highest BCUT2D eigenvalue weighted by molar-refractivity contribution is 6.19.